The first-order valence-corrected chi connectivity index (χ1v) is 7.20. The van der Waals surface area contributed by atoms with Crippen molar-refractivity contribution in [1.29, 1.82) is 0 Å². The van der Waals surface area contributed by atoms with E-state index in [4.69, 9.17) is 0 Å². The van der Waals surface area contributed by atoms with Gasteiger partial charge in [-0.15, -0.1) is 0 Å². The van der Waals surface area contributed by atoms with Crippen LogP contribution in [0.15, 0.2) is 48.5 Å². The van der Waals surface area contributed by atoms with Crippen LogP contribution in [0.5, 0.6) is 0 Å². The van der Waals surface area contributed by atoms with Crippen LogP contribution in [-0.4, -0.2) is 0 Å². The molecule has 1 atom stereocenters. The van der Waals surface area contributed by atoms with Gasteiger partial charge in [-0.05, 0) is 36.1 Å². The Morgan fingerprint density at radius 2 is 1.63 bits per heavy atom. The molecule has 0 spiro atoms. The van der Waals surface area contributed by atoms with Gasteiger partial charge in [-0.25, -0.2) is 8.78 Å². The number of hydrogen-bond acceptors (Lipinski definition) is 0. The first-order chi connectivity index (χ1) is 9.13. The molecule has 0 radical (unpaired) electrons. The van der Waals surface area contributed by atoms with Crippen molar-refractivity contribution in [3.05, 3.63) is 71.3 Å². The van der Waals surface area contributed by atoms with Crippen LogP contribution in [0.25, 0.3) is 0 Å². The zero-order valence-electron chi connectivity index (χ0n) is 10.2. The molecule has 1 saturated carbocycles. The second kappa shape index (κ2) is 4.71. The zero-order valence-corrected chi connectivity index (χ0v) is 11.8. The van der Waals surface area contributed by atoms with Crippen LogP contribution in [-0.2, 0) is 5.41 Å². The molecule has 19 heavy (non-hydrogen) atoms. The Morgan fingerprint density at radius 1 is 0.947 bits per heavy atom. The number of rotatable bonds is 3. The molecule has 98 valence electrons. The summed E-state index contributed by atoms with van der Waals surface area (Å²) in [5.74, 6) is -1.58. The zero-order chi connectivity index (χ0) is 13.5. The molecule has 0 heterocycles. The molecule has 0 bridgehead atoms. The lowest BCUT2D eigenvalue weighted by molar-refractivity contribution is 0.505. The van der Waals surface area contributed by atoms with E-state index in [1.54, 1.807) is 6.07 Å². The third kappa shape index (κ3) is 2.20. The Morgan fingerprint density at radius 3 is 2.21 bits per heavy atom. The Balaban J connectivity index is 1.96. The van der Waals surface area contributed by atoms with Crippen LogP contribution in [0.2, 0.25) is 0 Å². The lowest BCUT2D eigenvalue weighted by Gasteiger charge is -2.23. The minimum Gasteiger partial charge on any atom is -0.204 e. The predicted octanol–water partition coefficient (Wildman–Crippen LogP) is 5.13. The number of benzene rings is 2. The third-order valence-corrected chi connectivity index (χ3v) is 5.26. The van der Waals surface area contributed by atoms with Gasteiger partial charge in [-0.2, -0.15) is 0 Å². The van der Waals surface area contributed by atoms with Crippen molar-refractivity contribution in [3.63, 3.8) is 0 Å². The van der Waals surface area contributed by atoms with Crippen molar-refractivity contribution in [1.82, 2.24) is 0 Å². The topological polar surface area (TPSA) is 0 Å². The minimum absolute atomic E-state index is 0.0116. The molecule has 0 saturated heterocycles. The SMILES string of the molecule is Fc1ccc(C(Br)C2(c3ccccc3)CC2)cc1F. The van der Waals surface area contributed by atoms with E-state index >= 15 is 0 Å². The molecule has 0 amide bonds. The van der Waals surface area contributed by atoms with Crippen LogP contribution >= 0.6 is 15.9 Å². The highest BCUT2D eigenvalue weighted by molar-refractivity contribution is 9.09. The molecule has 3 rings (SSSR count). The van der Waals surface area contributed by atoms with Gasteiger partial charge >= 0.3 is 0 Å². The molecule has 0 nitrogen and oxygen atoms in total. The van der Waals surface area contributed by atoms with Crippen LogP contribution in [0.4, 0.5) is 8.78 Å². The van der Waals surface area contributed by atoms with Gasteiger partial charge in [0.25, 0.3) is 0 Å². The van der Waals surface area contributed by atoms with Crippen molar-refractivity contribution >= 4 is 15.9 Å². The minimum atomic E-state index is -0.798. The van der Waals surface area contributed by atoms with Gasteiger partial charge in [0.1, 0.15) is 0 Å². The van der Waals surface area contributed by atoms with E-state index in [0.29, 0.717) is 0 Å². The molecule has 1 aliphatic rings. The van der Waals surface area contributed by atoms with Crippen LogP contribution in [0.3, 0.4) is 0 Å². The highest BCUT2D eigenvalue weighted by Gasteiger charge is 2.50. The highest BCUT2D eigenvalue weighted by Crippen LogP contribution is 2.60. The summed E-state index contributed by atoms with van der Waals surface area (Å²) >= 11 is 3.68. The molecular weight excluding hydrogens is 310 g/mol. The lowest BCUT2D eigenvalue weighted by atomic mass is 9.89. The summed E-state index contributed by atoms with van der Waals surface area (Å²) in [5, 5.41) is 0. The molecule has 2 aromatic rings. The summed E-state index contributed by atoms with van der Waals surface area (Å²) in [6, 6.07) is 14.3. The normalized spacial score (nSPS) is 18.1. The van der Waals surface area contributed by atoms with Crippen molar-refractivity contribution in [2.75, 3.05) is 0 Å². The summed E-state index contributed by atoms with van der Waals surface area (Å²) in [5.41, 5.74) is 2.06. The maximum atomic E-state index is 13.4. The maximum absolute atomic E-state index is 13.4. The quantitative estimate of drug-likeness (QED) is 0.687. The summed E-state index contributed by atoms with van der Waals surface area (Å²) in [6.45, 7) is 0. The van der Waals surface area contributed by atoms with Crippen molar-refractivity contribution in [2.24, 2.45) is 0 Å². The van der Waals surface area contributed by atoms with Crippen molar-refractivity contribution in [3.8, 4) is 0 Å². The highest BCUT2D eigenvalue weighted by atomic mass is 79.9. The molecule has 3 heteroatoms. The van der Waals surface area contributed by atoms with Crippen molar-refractivity contribution < 1.29 is 8.78 Å². The average Bonchev–Trinajstić information content (AvgIpc) is 3.24. The number of hydrogen-bond donors (Lipinski definition) is 0. The summed E-state index contributed by atoms with van der Waals surface area (Å²) in [7, 11) is 0. The van der Waals surface area contributed by atoms with Crippen LogP contribution < -0.4 is 0 Å². The fourth-order valence-corrected chi connectivity index (χ4v) is 3.59. The number of alkyl halides is 1. The lowest BCUT2D eigenvalue weighted by Crippen LogP contribution is -2.14. The predicted molar refractivity (Wildman–Crippen MR) is 75.4 cm³/mol. The van der Waals surface area contributed by atoms with E-state index in [-0.39, 0.29) is 10.2 Å². The van der Waals surface area contributed by atoms with Gasteiger partial charge in [-0.1, -0.05) is 52.3 Å². The molecule has 2 aromatic carbocycles. The van der Waals surface area contributed by atoms with Gasteiger partial charge < -0.3 is 0 Å². The monoisotopic (exact) mass is 322 g/mol. The van der Waals surface area contributed by atoms with E-state index in [1.807, 2.05) is 18.2 Å². The van der Waals surface area contributed by atoms with E-state index in [1.165, 1.54) is 17.7 Å². The van der Waals surface area contributed by atoms with Crippen molar-refractivity contribution in [2.45, 2.75) is 23.1 Å². The smallest absolute Gasteiger partial charge is 0.159 e. The Labute approximate surface area is 119 Å². The average molecular weight is 323 g/mol. The van der Waals surface area contributed by atoms with Gasteiger partial charge in [0.2, 0.25) is 0 Å². The summed E-state index contributed by atoms with van der Waals surface area (Å²) in [4.78, 5) is 0.0116. The fourth-order valence-electron chi connectivity index (χ4n) is 2.58. The van der Waals surface area contributed by atoms with Gasteiger partial charge in [0.05, 0.1) is 0 Å². The van der Waals surface area contributed by atoms with Crippen LogP contribution in [0.1, 0.15) is 28.8 Å². The van der Waals surface area contributed by atoms with E-state index < -0.39 is 11.6 Å². The fraction of sp³-hybridized carbons (Fsp3) is 0.250. The summed E-state index contributed by atoms with van der Waals surface area (Å²) < 4.78 is 26.4. The molecule has 0 aromatic heterocycles. The largest absolute Gasteiger partial charge is 0.204 e. The third-order valence-electron chi connectivity index (χ3n) is 3.86. The Bertz CT molecular complexity index is 591. The molecule has 1 aliphatic carbocycles. The van der Waals surface area contributed by atoms with Gasteiger partial charge in [0.15, 0.2) is 11.6 Å². The molecule has 0 aliphatic heterocycles. The molecule has 1 fully saturated rings. The second-order valence-corrected chi connectivity index (χ2v) is 5.97. The van der Waals surface area contributed by atoms with E-state index in [9.17, 15) is 8.78 Å². The first kappa shape index (κ1) is 12.8. The maximum Gasteiger partial charge on any atom is 0.159 e. The molecule has 1 unspecified atom stereocenters. The van der Waals surface area contributed by atoms with Crippen LogP contribution in [0, 0.1) is 11.6 Å². The Hall–Kier alpha value is -1.22. The molecular formula is C16H13BrF2. The molecule has 0 N–H and O–H groups in total. The summed E-state index contributed by atoms with van der Waals surface area (Å²) in [6.07, 6.45) is 2.12. The second-order valence-electron chi connectivity index (χ2n) is 5.06. The Kier molecular flexibility index (Phi) is 3.17. The first-order valence-electron chi connectivity index (χ1n) is 6.28. The van der Waals surface area contributed by atoms with Gasteiger partial charge in [-0.3, -0.25) is 0 Å². The van der Waals surface area contributed by atoms with Gasteiger partial charge in [0, 0.05) is 10.2 Å². The van der Waals surface area contributed by atoms with E-state index in [2.05, 4.69) is 28.1 Å². The standard InChI is InChI=1S/C16H13BrF2/c17-15(11-6-7-13(18)14(19)10-11)16(8-9-16)12-4-2-1-3-5-12/h1-7,10,15H,8-9H2. The van der Waals surface area contributed by atoms with E-state index in [0.717, 1.165) is 18.4 Å². The number of halogens is 3.